The number of carbonyl (C=O) groups excluding carboxylic acids is 1. The van der Waals surface area contributed by atoms with E-state index in [9.17, 15) is 4.79 Å². The molecule has 0 fully saturated rings. The summed E-state index contributed by atoms with van der Waals surface area (Å²) in [6.45, 7) is 0. The lowest BCUT2D eigenvalue weighted by molar-refractivity contribution is 0.0321. The first-order valence-corrected chi connectivity index (χ1v) is 8.33. The molecule has 20 heavy (non-hydrogen) atoms. The van der Waals surface area contributed by atoms with Gasteiger partial charge in [0.2, 0.25) is 0 Å². The molecule has 0 bridgehead atoms. The molecule has 0 heterocycles. The highest BCUT2D eigenvalue weighted by Crippen LogP contribution is 2.39. The third-order valence-electron chi connectivity index (χ3n) is 3.45. The summed E-state index contributed by atoms with van der Waals surface area (Å²) in [5, 5.41) is 0. The number of rotatable bonds is 2. The minimum Gasteiger partial charge on any atom is -0.457 e. The maximum atomic E-state index is 12.3. The van der Waals surface area contributed by atoms with Crippen LogP contribution in [-0.2, 0) is 11.2 Å². The molecule has 4 heteroatoms. The van der Waals surface area contributed by atoms with Gasteiger partial charge in [-0.15, -0.1) is 0 Å². The largest absolute Gasteiger partial charge is 0.457 e. The van der Waals surface area contributed by atoms with Crippen molar-refractivity contribution in [3.63, 3.8) is 0 Å². The van der Waals surface area contributed by atoms with Gasteiger partial charge in [-0.1, -0.05) is 52.3 Å². The van der Waals surface area contributed by atoms with Crippen LogP contribution in [0.2, 0.25) is 0 Å². The fraction of sp³-hybridized carbons (Fsp3) is 0.188. The number of carbonyl (C=O) groups is 1. The minimum absolute atomic E-state index is 0.0732. The second-order valence-electron chi connectivity index (χ2n) is 4.73. The predicted octanol–water partition coefficient (Wildman–Crippen LogP) is 4.51. The molecule has 1 aliphatic carbocycles. The second-order valence-corrected chi connectivity index (χ2v) is 6.88. The van der Waals surface area contributed by atoms with Gasteiger partial charge in [0.05, 0.1) is 10.4 Å². The number of halogens is 2. The van der Waals surface area contributed by atoms with Gasteiger partial charge in [-0.05, 0) is 45.9 Å². The SMILES string of the molecule is O=C(O[C@@H]1Cc2ccccc2[C@H]1Br)c1ccccc1I. The standard InChI is InChI=1S/C16H12BrIO2/c17-15-11-6-2-1-5-10(11)9-14(15)20-16(19)12-7-3-4-8-13(12)18/h1-8,14-15H,9H2/t14-,15-/m1/s1. The number of esters is 1. The van der Waals surface area contributed by atoms with Crippen LogP contribution < -0.4 is 0 Å². The highest BCUT2D eigenvalue weighted by Gasteiger charge is 2.33. The summed E-state index contributed by atoms with van der Waals surface area (Å²) in [6.07, 6.45) is 0.622. The van der Waals surface area contributed by atoms with E-state index in [1.807, 2.05) is 30.3 Å². The Bertz CT molecular complexity index is 656. The van der Waals surface area contributed by atoms with Crippen LogP contribution in [0.15, 0.2) is 48.5 Å². The molecule has 2 aromatic rings. The summed E-state index contributed by atoms with van der Waals surface area (Å²) in [5.74, 6) is -0.253. The molecule has 0 aliphatic heterocycles. The Morgan fingerprint density at radius 3 is 2.60 bits per heavy atom. The van der Waals surface area contributed by atoms with Crippen molar-refractivity contribution in [1.29, 1.82) is 0 Å². The first-order chi connectivity index (χ1) is 9.66. The van der Waals surface area contributed by atoms with Crippen molar-refractivity contribution in [2.75, 3.05) is 0 Å². The number of hydrogen-bond acceptors (Lipinski definition) is 2. The highest BCUT2D eigenvalue weighted by atomic mass is 127. The molecule has 0 amide bonds. The second kappa shape index (κ2) is 5.85. The molecule has 2 nitrogen and oxygen atoms in total. The Morgan fingerprint density at radius 1 is 1.15 bits per heavy atom. The summed E-state index contributed by atoms with van der Waals surface area (Å²) in [6, 6.07) is 15.7. The van der Waals surface area contributed by atoms with Crippen molar-refractivity contribution >= 4 is 44.5 Å². The molecule has 2 atom stereocenters. The first-order valence-electron chi connectivity index (χ1n) is 6.34. The Morgan fingerprint density at radius 2 is 1.85 bits per heavy atom. The van der Waals surface area contributed by atoms with Crippen LogP contribution in [0.1, 0.15) is 26.3 Å². The van der Waals surface area contributed by atoms with Crippen molar-refractivity contribution < 1.29 is 9.53 Å². The summed E-state index contributed by atoms with van der Waals surface area (Å²) in [7, 11) is 0. The van der Waals surface area contributed by atoms with E-state index in [0.29, 0.717) is 5.56 Å². The molecule has 0 radical (unpaired) electrons. The van der Waals surface area contributed by atoms with Crippen LogP contribution in [0.5, 0.6) is 0 Å². The third kappa shape index (κ3) is 2.63. The van der Waals surface area contributed by atoms with Crippen molar-refractivity contribution in [3.05, 3.63) is 68.8 Å². The molecule has 0 saturated heterocycles. The number of hydrogen-bond donors (Lipinski definition) is 0. The molecule has 1 aliphatic rings. The van der Waals surface area contributed by atoms with Crippen LogP contribution in [0.25, 0.3) is 0 Å². The van der Waals surface area contributed by atoms with Gasteiger partial charge in [-0.2, -0.15) is 0 Å². The minimum atomic E-state index is -0.253. The van der Waals surface area contributed by atoms with E-state index in [0.717, 1.165) is 9.99 Å². The predicted molar refractivity (Wildman–Crippen MR) is 90.2 cm³/mol. The van der Waals surface area contributed by atoms with Crippen molar-refractivity contribution in [2.24, 2.45) is 0 Å². The molecule has 2 aromatic carbocycles. The highest BCUT2D eigenvalue weighted by molar-refractivity contribution is 14.1. The molecule has 0 aromatic heterocycles. The smallest absolute Gasteiger partial charge is 0.339 e. The van der Waals surface area contributed by atoms with Crippen LogP contribution >= 0.6 is 38.5 Å². The molecule has 0 N–H and O–H groups in total. The molecule has 0 unspecified atom stereocenters. The van der Waals surface area contributed by atoms with Crippen molar-refractivity contribution in [2.45, 2.75) is 17.4 Å². The molecule has 0 saturated carbocycles. The van der Waals surface area contributed by atoms with Gasteiger partial charge in [0.15, 0.2) is 0 Å². The summed E-state index contributed by atoms with van der Waals surface area (Å²) in [4.78, 5) is 12.3. The van der Waals surface area contributed by atoms with Gasteiger partial charge in [0.1, 0.15) is 6.10 Å². The summed E-state index contributed by atoms with van der Waals surface area (Å²) < 4.78 is 6.60. The molecule has 102 valence electrons. The summed E-state index contributed by atoms with van der Waals surface area (Å²) >= 11 is 5.80. The number of benzene rings is 2. The lowest BCUT2D eigenvalue weighted by Crippen LogP contribution is -2.20. The maximum Gasteiger partial charge on any atom is 0.339 e. The van der Waals surface area contributed by atoms with E-state index in [-0.39, 0.29) is 16.9 Å². The molecular formula is C16H12BrIO2. The van der Waals surface area contributed by atoms with Crippen molar-refractivity contribution in [1.82, 2.24) is 0 Å². The average Bonchev–Trinajstić information content (AvgIpc) is 2.76. The maximum absolute atomic E-state index is 12.3. The van der Waals surface area contributed by atoms with E-state index < -0.39 is 0 Å². The third-order valence-corrected chi connectivity index (χ3v) is 5.48. The lowest BCUT2D eigenvalue weighted by Gasteiger charge is -2.16. The zero-order valence-corrected chi connectivity index (χ0v) is 14.3. The van der Waals surface area contributed by atoms with E-state index in [2.05, 4.69) is 50.7 Å². The van der Waals surface area contributed by atoms with Crippen LogP contribution in [0.3, 0.4) is 0 Å². The molecular weight excluding hydrogens is 431 g/mol. The van der Waals surface area contributed by atoms with E-state index in [1.165, 1.54) is 11.1 Å². The number of ether oxygens (including phenoxy) is 1. The summed E-state index contributed by atoms with van der Waals surface area (Å²) in [5.41, 5.74) is 3.09. The van der Waals surface area contributed by atoms with Crippen LogP contribution in [-0.4, -0.2) is 12.1 Å². The fourth-order valence-corrected chi connectivity index (χ4v) is 3.79. The van der Waals surface area contributed by atoms with E-state index in [4.69, 9.17) is 4.74 Å². The molecule has 0 spiro atoms. The van der Waals surface area contributed by atoms with Gasteiger partial charge in [0, 0.05) is 9.99 Å². The lowest BCUT2D eigenvalue weighted by atomic mass is 10.1. The Labute approximate surface area is 139 Å². The molecule has 3 rings (SSSR count). The van der Waals surface area contributed by atoms with E-state index in [1.54, 1.807) is 6.07 Å². The Hall–Kier alpha value is -0.880. The zero-order chi connectivity index (χ0) is 14.1. The quantitative estimate of drug-likeness (QED) is 0.388. The first kappa shape index (κ1) is 14.1. The normalized spacial score (nSPS) is 20.5. The Kier molecular flexibility index (Phi) is 4.12. The van der Waals surface area contributed by atoms with Crippen molar-refractivity contribution in [3.8, 4) is 0 Å². The Balaban J connectivity index is 1.78. The van der Waals surface area contributed by atoms with Gasteiger partial charge >= 0.3 is 5.97 Å². The monoisotopic (exact) mass is 442 g/mol. The van der Waals surface area contributed by atoms with Crippen LogP contribution in [0, 0.1) is 3.57 Å². The van der Waals surface area contributed by atoms with Gasteiger partial charge < -0.3 is 4.74 Å². The van der Waals surface area contributed by atoms with Gasteiger partial charge in [-0.25, -0.2) is 4.79 Å². The van der Waals surface area contributed by atoms with E-state index >= 15 is 0 Å². The number of alkyl halides is 1. The zero-order valence-electron chi connectivity index (χ0n) is 10.6. The van der Waals surface area contributed by atoms with Gasteiger partial charge in [0.25, 0.3) is 0 Å². The fourth-order valence-electron chi connectivity index (χ4n) is 2.44. The van der Waals surface area contributed by atoms with Crippen LogP contribution in [0.4, 0.5) is 0 Å². The average molecular weight is 443 g/mol. The topological polar surface area (TPSA) is 26.3 Å². The number of fused-ring (bicyclic) bond motifs is 1. The van der Waals surface area contributed by atoms with Gasteiger partial charge in [-0.3, -0.25) is 0 Å².